The van der Waals surface area contributed by atoms with Gasteiger partial charge in [-0.15, -0.1) is 0 Å². The summed E-state index contributed by atoms with van der Waals surface area (Å²) in [5.41, 5.74) is 2.15. The SMILES string of the molecule is O=Cc1cccc(C2CCSCC2)c1. The maximum atomic E-state index is 10.6. The first-order chi connectivity index (χ1) is 6.90. The molecule has 0 aliphatic carbocycles. The molecule has 2 rings (SSSR count). The van der Waals surface area contributed by atoms with Crippen LogP contribution in [-0.2, 0) is 0 Å². The minimum atomic E-state index is 0.677. The number of hydrogen-bond acceptors (Lipinski definition) is 2. The van der Waals surface area contributed by atoms with E-state index in [9.17, 15) is 4.79 Å². The van der Waals surface area contributed by atoms with Gasteiger partial charge in [0.2, 0.25) is 0 Å². The first-order valence-electron chi connectivity index (χ1n) is 5.03. The van der Waals surface area contributed by atoms with E-state index < -0.39 is 0 Å². The maximum absolute atomic E-state index is 10.6. The van der Waals surface area contributed by atoms with Gasteiger partial charge in [0.05, 0.1) is 0 Å². The molecule has 0 N–H and O–H groups in total. The molecule has 14 heavy (non-hydrogen) atoms. The lowest BCUT2D eigenvalue weighted by Gasteiger charge is -2.21. The van der Waals surface area contributed by atoms with E-state index in [2.05, 4.69) is 6.07 Å². The standard InChI is InChI=1S/C12H14OS/c13-9-10-2-1-3-12(8-10)11-4-6-14-7-5-11/h1-3,8-9,11H,4-7H2. The average Bonchev–Trinajstić information content (AvgIpc) is 2.30. The van der Waals surface area contributed by atoms with Crippen LogP contribution in [-0.4, -0.2) is 17.8 Å². The molecule has 0 amide bonds. The molecular formula is C12H14OS. The number of aldehydes is 1. The highest BCUT2D eigenvalue weighted by molar-refractivity contribution is 7.99. The van der Waals surface area contributed by atoms with Crippen molar-refractivity contribution in [1.82, 2.24) is 0 Å². The van der Waals surface area contributed by atoms with E-state index in [0.29, 0.717) is 5.92 Å². The maximum Gasteiger partial charge on any atom is 0.150 e. The molecule has 0 unspecified atom stereocenters. The van der Waals surface area contributed by atoms with Crippen LogP contribution in [0.15, 0.2) is 24.3 Å². The summed E-state index contributed by atoms with van der Waals surface area (Å²) in [6, 6.07) is 8.04. The van der Waals surface area contributed by atoms with Crippen LogP contribution < -0.4 is 0 Å². The molecule has 1 aliphatic heterocycles. The predicted octanol–water partition coefficient (Wildman–Crippen LogP) is 3.11. The largest absolute Gasteiger partial charge is 0.298 e. The second-order valence-corrected chi connectivity index (χ2v) is 4.90. The molecule has 2 heteroatoms. The molecule has 1 heterocycles. The minimum Gasteiger partial charge on any atom is -0.298 e. The molecule has 74 valence electrons. The van der Waals surface area contributed by atoms with Gasteiger partial charge >= 0.3 is 0 Å². The molecule has 0 saturated carbocycles. The van der Waals surface area contributed by atoms with Crippen molar-refractivity contribution in [2.45, 2.75) is 18.8 Å². The van der Waals surface area contributed by atoms with Crippen LogP contribution in [0.2, 0.25) is 0 Å². The van der Waals surface area contributed by atoms with Gasteiger partial charge in [-0.25, -0.2) is 0 Å². The van der Waals surface area contributed by atoms with Gasteiger partial charge in [0, 0.05) is 5.56 Å². The van der Waals surface area contributed by atoms with Crippen LogP contribution in [0.25, 0.3) is 0 Å². The normalized spacial score (nSPS) is 18.0. The first kappa shape index (κ1) is 9.78. The van der Waals surface area contributed by atoms with E-state index in [1.54, 1.807) is 0 Å². The summed E-state index contributed by atoms with van der Waals surface area (Å²) < 4.78 is 0. The molecule has 0 bridgehead atoms. The molecule has 0 radical (unpaired) electrons. The highest BCUT2D eigenvalue weighted by Gasteiger charge is 2.15. The first-order valence-corrected chi connectivity index (χ1v) is 6.18. The van der Waals surface area contributed by atoms with Crippen molar-refractivity contribution in [3.05, 3.63) is 35.4 Å². The third kappa shape index (κ3) is 2.18. The Kier molecular flexibility index (Phi) is 3.25. The Morgan fingerprint density at radius 1 is 1.29 bits per heavy atom. The molecule has 1 saturated heterocycles. The van der Waals surface area contributed by atoms with Crippen LogP contribution in [0.1, 0.15) is 34.7 Å². The van der Waals surface area contributed by atoms with Gasteiger partial charge in [-0.05, 0) is 41.9 Å². The van der Waals surface area contributed by atoms with Crippen LogP contribution in [0.5, 0.6) is 0 Å². The summed E-state index contributed by atoms with van der Waals surface area (Å²) in [4.78, 5) is 10.6. The summed E-state index contributed by atoms with van der Waals surface area (Å²) in [7, 11) is 0. The molecule has 1 aromatic carbocycles. The number of carbonyl (C=O) groups is 1. The molecule has 1 aliphatic rings. The fourth-order valence-corrected chi connectivity index (χ4v) is 3.02. The van der Waals surface area contributed by atoms with Gasteiger partial charge in [-0.1, -0.05) is 18.2 Å². The summed E-state index contributed by atoms with van der Waals surface area (Å²) >= 11 is 2.03. The topological polar surface area (TPSA) is 17.1 Å². The number of benzene rings is 1. The van der Waals surface area contributed by atoms with Gasteiger partial charge in [0.1, 0.15) is 6.29 Å². The van der Waals surface area contributed by atoms with Crippen molar-refractivity contribution < 1.29 is 4.79 Å². The quantitative estimate of drug-likeness (QED) is 0.692. The van der Waals surface area contributed by atoms with Gasteiger partial charge in [0.25, 0.3) is 0 Å². The molecule has 1 nitrogen and oxygen atoms in total. The molecule has 0 aromatic heterocycles. The van der Waals surface area contributed by atoms with E-state index in [1.807, 2.05) is 30.0 Å². The Morgan fingerprint density at radius 2 is 2.07 bits per heavy atom. The van der Waals surface area contributed by atoms with E-state index >= 15 is 0 Å². The molecule has 1 fully saturated rings. The van der Waals surface area contributed by atoms with E-state index in [1.165, 1.54) is 29.9 Å². The smallest absolute Gasteiger partial charge is 0.150 e. The van der Waals surface area contributed by atoms with Gasteiger partial charge in [-0.3, -0.25) is 4.79 Å². The zero-order valence-corrected chi connectivity index (χ0v) is 8.93. The monoisotopic (exact) mass is 206 g/mol. The third-order valence-corrected chi connectivity index (χ3v) is 3.79. The summed E-state index contributed by atoms with van der Waals surface area (Å²) in [5.74, 6) is 3.20. The van der Waals surface area contributed by atoms with Crippen LogP contribution in [0, 0.1) is 0 Å². The number of hydrogen-bond donors (Lipinski definition) is 0. The van der Waals surface area contributed by atoms with E-state index in [-0.39, 0.29) is 0 Å². The second-order valence-electron chi connectivity index (χ2n) is 3.67. The zero-order valence-electron chi connectivity index (χ0n) is 8.11. The summed E-state index contributed by atoms with van der Waals surface area (Å²) in [6.07, 6.45) is 3.45. The molecule has 0 spiro atoms. The third-order valence-electron chi connectivity index (χ3n) is 2.74. The Morgan fingerprint density at radius 3 is 2.79 bits per heavy atom. The molecular weight excluding hydrogens is 192 g/mol. The summed E-state index contributed by atoms with van der Waals surface area (Å²) in [5, 5.41) is 0. The van der Waals surface area contributed by atoms with Gasteiger partial charge in [0.15, 0.2) is 0 Å². The lowest BCUT2D eigenvalue weighted by Crippen LogP contribution is -2.07. The van der Waals surface area contributed by atoms with Crippen molar-refractivity contribution in [2.24, 2.45) is 0 Å². The van der Waals surface area contributed by atoms with Crippen molar-refractivity contribution in [3.8, 4) is 0 Å². The fraction of sp³-hybridized carbons (Fsp3) is 0.417. The molecule has 1 aromatic rings. The zero-order chi connectivity index (χ0) is 9.80. The van der Waals surface area contributed by atoms with Crippen molar-refractivity contribution in [1.29, 1.82) is 0 Å². The van der Waals surface area contributed by atoms with Crippen LogP contribution >= 0.6 is 11.8 Å². The van der Waals surface area contributed by atoms with Crippen LogP contribution in [0.3, 0.4) is 0 Å². The van der Waals surface area contributed by atoms with E-state index in [0.717, 1.165) is 11.8 Å². The highest BCUT2D eigenvalue weighted by atomic mass is 32.2. The van der Waals surface area contributed by atoms with Crippen molar-refractivity contribution in [3.63, 3.8) is 0 Å². The minimum absolute atomic E-state index is 0.677. The number of rotatable bonds is 2. The number of carbonyl (C=O) groups excluding carboxylic acids is 1. The van der Waals surface area contributed by atoms with Gasteiger partial charge in [-0.2, -0.15) is 11.8 Å². The Hall–Kier alpha value is -0.760. The Balaban J connectivity index is 2.17. The molecule has 0 atom stereocenters. The highest BCUT2D eigenvalue weighted by Crippen LogP contribution is 2.31. The van der Waals surface area contributed by atoms with Crippen molar-refractivity contribution in [2.75, 3.05) is 11.5 Å². The average molecular weight is 206 g/mol. The van der Waals surface area contributed by atoms with Crippen molar-refractivity contribution >= 4 is 18.0 Å². The van der Waals surface area contributed by atoms with Crippen LogP contribution in [0.4, 0.5) is 0 Å². The van der Waals surface area contributed by atoms with E-state index in [4.69, 9.17) is 0 Å². The lowest BCUT2D eigenvalue weighted by atomic mass is 9.92. The predicted molar refractivity (Wildman–Crippen MR) is 61.1 cm³/mol. The summed E-state index contributed by atoms with van der Waals surface area (Å²) in [6.45, 7) is 0. The Labute approximate surface area is 88.9 Å². The second kappa shape index (κ2) is 4.65. The lowest BCUT2D eigenvalue weighted by molar-refractivity contribution is 0.112. The Bertz CT molecular complexity index is 316. The number of thioether (sulfide) groups is 1. The van der Waals surface area contributed by atoms with Gasteiger partial charge < -0.3 is 0 Å². The fourth-order valence-electron chi connectivity index (χ4n) is 1.92.